The minimum absolute atomic E-state index is 0. The average Bonchev–Trinajstić information content (AvgIpc) is 2.86. The van der Waals surface area contributed by atoms with Gasteiger partial charge in [-0.2, -0.15) is 4.33 Å². The van der Waals surface area contributed by atoms with E-state index in [2.05, 4.69) is 33.2 Å². The third kappa shape index (κ3) is 11.7. The number of sulfone groups is 1. The number of fused-ring (bicyclic) bond motifs is 1. The van der Waals surface area contributed by atoms with E-state index in [0.717, 1.165) is 12.1 Å². The standard InChI is InChI=1S/C18H17N3O13S4.3Na/c19-14-3-2-12-13(7-10(8-16(12)22)35-33-31-23)18(14)21-20-15-4-1-11(9-17(15)38(27,28)29)37(25,26)6-5-30-36-34-32-24;;;/h1-4,7-9,22-24H,5-6,19H2,(H,27,28,29);;;/q;3*+1/p-3. The quantitative estimate of drug-likeness (QED) is 0.0249. The van der Waals surface area contributed by atoms with Crippen molar-refractivity contribution in [2.45, 2.75) is 14.7 Å². The molecule has 3 rings (SSSR count). The maximum atomic E-state index is 12.5. The van der Waals surface area contributed by atoms with Gasteiger partial charge in [0.15, 0.2) is 22.2 Å². The molecule has 0 aliphatic carbocycles. The van der Waals surface area contributed by atoms with E-state index in [9.17, 15) is 37.0 Å². The molecule has 0 spiro atoms. The van der Waals surface area contributed by atoms with Crippen molar-refractivity contribution < 1.29 is 149 Å². The molecular weight excluding hydrogens is 663 g/mol. The second kappa shape index (κ2) is 19.0. The van der Waals surface area contributed by atoms with E-state index in [0.29, 0.717) is 18.1 Å². The third-order valence-electron chi connectivity index (χ3n) is 4.60. The van der Waals surface area contributed by atoms with Gasteiger partial charge in [0, 0.05) is 15.7 Å². The first-order chi connectivity index (χ1) is 18.0. The number of aromatic hydroxyl groups is 1. The molecule has 0 atom stereocenters. The van der Waals surface area contributed by atoms with Crippen molar-refractivity contribution >= 4 is 72.2 Å². The molecule has 3 aromatic rings. The number of anilines is 1. The zero-order valence-corrected chi connectivity index (χ0v) is 30.7. The summed E-state index contributed by atoms with van der Waals surface area (Å²) in [6.07, 6.45) is 0. The molecule has 3 aromatic carbocycles. The van der Waals surface area contributed by atoms with Crippen molar-refractivity contribution in [3.05, 3.63) is 42.5 Å². The summed E-state index contributed by atoms with van der Waals surface area (Å²) < 4.78 is 73.4. The number of azo groups is 1. The van der Waals surface area contributed by atoms with Gasteiger partial charge in [0.1, 0.15) is 27.2 Å². The van der Waals surface area contributed by atoms with Crippen molar-refractivity contribution in [3.63, 3.8) is 0 Å². The Morgan fingerprint density at radius 3 is 2.22 bits per heavy atom. The van der Waals surface area contributed by atoms with E-state index < -0.39 is 47.8 Å². The molecule has 16 nitrogen and oxygen atoms in total. The number of nitrogens with two attached hydrogens (primary N) is 1. The van der Waals surface area contributed by atoms with Crippen molar-refractivity contribution in [1.82, 2.24) is 0 Å². The van der Waals surface area contributed by atoms with Crippen LogP contribution in [0.25, 0.3) is 10.8 Å². The van der Waals surface area contributed by atoms with Gasteiger partial charge in [-0.05, 0) is 42.5 Å². The van der Waals surface area contributed by atoms with Crippen molar-refractivity contribution in [2.24, 2.45) is 10.2 Å². The normalized spacial score (nSPS) is 11.6. The van der Waals surface area contributed by atoms with Gasteiger partial charge < -0.3 is 25.9 Å². The van der Waals surface area contributed by atoms with E-state index in [1.165, 1.54) is 24.3 Å². The predicted molar refractivity (Wildman–Crippen MR) is 124 cm³/mol. The Morgan fingerprint density at radius 1 is 0.902 bits per heavy atom. The van der Waals surface area contributed by atoms with E-state index in [1.54, 1.807) is 0 Å². The first-order valence-corrected chi connectivity index (χ1v) is 14.1. The van der Waals surface area contributed by atoms with Crippen LogP contribution >= 0.6 is 24.4 Å². The van der Waals surface area contributed by atoms with E-state index in [4.69, 9.17) is 5.73 Å². The molecule has 0 aliphatic heterocycles. The van der Waals surface area contributed by atoms with Crippen molar-refractivity contribution in [1.29, 1.82) is 0 Å². The molecule has 41 heavy (non-hydrogen) atoms. The Labute approximate surface area is 308 Å². The number of rotatable bonds is 13. The van der Waals surface area contributed by atoms with Crippen LogP contribution in [0.3, 0.4) is 0 Å². The molecule has 3 N–H and O–H groups in total. The Morgan fingerprint density at radius 2 is 1.59 bits per heavy atom. The van der Waals surface area contributed by atoms with Crippen LogP contribution in [0.2, 0.25) is 0 Å². The minimum atomic E-state index is -5.24. The van der Waals surface area contributed by atoms with Gasteiger partial charge >= 0.3 is 88.7 Å². The molecule has 0 bridgehead atoms. The SMILES string of the molecule is Nc1ccc2c(O)cc(SOO[O-])cc2c1N=Nc1ccc(S(=O)(=O)CCOSOO[O-])cc1S(=O)(=O)[O-].[Na+].[Na+].[Na+]. The van der Waals surface area contributed by atoms with Crippen LogP contribution < -0.4 is 105 Å². The van der Waals surface area contributed by atoms with Crippen LogP contribution in [0.15, 0.2) is 67.4 Å². The smallest absolute Gasteiger partial charge is 0.744 e. The van der Waals surface area contributed by atoms with Crippen molar-refractivity contribution in [3.8, 4) is 5.75 Å². The second-order valence-corrected chi connectivity index (χ2v) is 11.6. The molecule has 0 saturated heterocycles. The minimum Gasteiger partial charge on any atom is -0.744 e. The van der Waals surface area contributed by atoms with Gasteiger partial charge in [0.2, 0.25) is 0 Å². The number of hydrogen-bond acceptors (Lipinski definition) is 18. The first kappa shape index (κ1) is 41.4. The summed E-state index contributed by atoms with van der Waals surface area (Å²) in [5.41, 5.74) is 5.47. The topological polar surface area (TPSA) is 255 Å². The second-order valence-electron chi connectivity index (χ2n) is 6.89. The molecule has 0 heterocycles. The van der Waals surface area contributed by atoms with Crippen LogP contribution in [0, 0.1) is 0 Å². The number of hydrogen-bond donors (Lipinski definition) is 2. The Hall–Kier alpha value is 0.400. The zero-order chi connectivity index (χ0) is 27.9. The molecule has 0 amide bonds. The Kier molecular flexibility index (Phi) is 19.2. The molecular formula is C18H14N3Na3O13S4. The summed E-state index contributed by atoms with van der Waals surface area (Å²) >= 11 is 0.559. The summed E-state index contributed by atoms with van der Waals surface area (Å²) in [6, 6.07) is 8.09. The summed E-state index contributed by atoms with van der Waals surface area (Å²) in [5.74, 6) is -0.915. The van der Waals surface area contributed by atoms with Gasteiger partial charge in [-0.1, -0.05) is 0 Å². The molecule has 23 heteroatoms. The fourth-order valence-electron chi connectivity index (χ4n) is 3.00. The fourth-order valence-corrected chi connectivity index (χ4v) is 5.58. The maximum absolute atomic E-state index is 12.5. The van der Waals surface area contributed by atoms with E-state index in [-0.39, 0.29) is 134 Å². The first-order valence-electron chi connectivity index (χ1n) is 9.65. The fraction of sp³-hybridized carbons (Fsp3) is 0.111. The van der Waals surface area contributed by atoms with Crippen LogP contribution in [0.1, 0.15) is 0 Å². The van der Waals surface area contributed by atoms with Gasteiger partial charge in [0.25, 0.3) is 0 Å². The molecule has 0 aromatic heterocycles. The number of benzene rings is 3. The number of nitrogen functional groups attached to an aromatic ring is 1. The molecule has 0 aliphatic rings. The Balaban J connectivity index is 0.00000533. The summed E-state index contributed by atoms with van der Waals surface area (Å²) in [4.78, 5) is -1.31. The monoisotopic (exact) mass is 677 g/mol. The van der Waals surface area contributed by atoms with Gasteiger partial charge in [-0.3, -0.25) is 14.3 Å². The van der Waals surface area contributed by atoms with Crippen LogP contribution in [-0.2, 0) is 42.9 Å². The largest absolute Gasteiger partial charge is 1.00 e. The van der Waals surface area contributed by atoms with Crippen LogP contribution in [0.5, 0.6) is 5.75 Å². The molecule has 206 valence electrons. The Bertz CT molecular complexity index is 1560. The predicted octanol–water partition coefficient (Wildman–Crippen LogP) is -7.73. The molecule has 0 fully saturated rings. The maximum Gasteiger partial charge on any atom is 1.00 e. The molecule has 0 saturated carbocycles. The van der Waals surface area contributed by atoms with E-state index >= 15 is 0 Å². The van der Waals surface area contributed by atoms with Gasteiger partial charge in [0.05, 0.1) is 39.9 Å². The number of nitrogens with zero attached hydrogens (tertiary/aromatic N) is 2. The van der Waals surface area contributed by atoms with Crippen molar-refractivity contribution in [2.75, 3.05) is 18.1 Å². The third-order valence-corrected chi connectivity index (χ3v) is 8.07. The summed E-state index contributed by atoms with van der Waals surface area (Å²) in [7, 11) is -9.39. The summed E-state index contributed by atoms with van der Waals surface area (Å²) in [5, 5.41) is 44.6. The van der Waals surface area contributed by atoms with E-state index in [1.807, 2.05) is 0 Å². The van der Waals surface area contributed by atoms with Crippen LogP contribution in [0.4, 0.5) is 17.1 Å². The van der Waals surface area contributed by atoms with Gasteiger partial charge in [-0.25, -0.2) is 16.8 Å². The number of phenols is 1. The number of phenolic OH excluding ortho intramolecular Hbond substituents is 1. The van der Waals surface area contributed by atoms with Crippen LogP contribution in [-0.4, -0.2) is 38.9 Å². The van der Waals surface area contributed by atoms with Gasteiger partial charge in [-0.15, -0.1) is 14.6 Å². The average molecular weight is 678 g/mol. The zero-order valence-electron chi connectivity index (χ0n) is 21.4. The summed E-state index contributed by atoms with van der Waals surface area (Å²) in [6.45, 7) is -0.475. The molecule has 0 radical (unpaired) electrons. The molecule has 0 unspecified atom stereocenters.